The van der Waals surface area contributed by atoms with Crippen LogP contribution in [0.4, 0.5) is 4.79 Å². The molecular formula is C22H26ClNO5. The predicted molar refractivity (Wildman–Crippen MR) is 111 cm³/mol. The summed E-state index contributed by atoms with van der Waals surface area (Å²) in [5, 5.41) is 14.3. The zero-order valence-electron chi connectivity index (χ0n) is 16.6. The second-order valence-corrected chi connectivity index (χ2v) is 7.31. The van der Waals surface area contributed by atoms with Crippen LogP contribution in [0.3, 0.4) is 0 Å². The SMILES string of the molecule is COC(=O)CC(O)(CCNC(=O)OC[C@@H](C)c1ccc(Cl)cc1)c1ccccc1. The van der Waals surface area contributed by atoms with Gasteiger partial charge in [-0.2, -0.15) is 0 Å². The summed E-state index contributed by atoms with van der Waals surface area (Å²) in [4.78, 5) is 23.7. The monoisotopic (exact) mass is 419 g/mol. The normalized spacial score (nSPS) is 13.8. The predicted octanol–water partition coefficient (Wildman–Crippen LogP) is 4.01. The summed E-state index contributed by atoms with van der Waals surface area (Å²) < 4.78 is 9.94. The molecule has 2 aromatic rings. The number of amides is 1. The van der Waals surface area contributed by atoms with Gasteiger partial charge in [0.2, 0.25) is 0 Å². The van der Waals surface area contributed by atoms with E-state index in [4.69, 9.17) is 16.3 Å². The molecule has 0 spiro atoms. The minimum Gasteiger partial charge on any atom is -0.469 e. The Kier molecular flexibility index (Phi) is 8.49. The molecule has 0 radical (unpaired) electrons. The van der Waals surface area contributed by atoms with Gasteiger partial charge in [0, 0.05) is 17.5 Å². The van der Waals surface area contributed by atoms with E-state index in [1.807, 2.05) is 25.1 Å². The van der Waals surface area contributed by atoms with E-state index in [0.29, 0.717) is 10.6 Å². The number of esters is 1. The fraction of sp³-hybridized carbons (Fsp3) is 0.364. The van der Waals surface area contributed by atoms with Crippen molar-refractivity contribution in [2.45, 2.75) is 31.3 Å². The van der Waals surface area contributed by atoms with Gasteiger partial charge in [0.15, 0.2) is 0 Å². The molecule has 2 N–H and O–H groups in total. The third-order valence-electron chi connectivity index (χ3n) is 4.69. The van der Waals surface area contributed by atoms with Gasteiger partial charge in [-0.1, -0.05) is 61.0 Å². The first-order valence-corrected chi connectivity index (χ1v) is 9.72. The average Bonchev–Trinajstić information content (AvgIpc) is 2.73. The van der Waals surface area contributed by atoms with Crippen LogP contribution < -0.4 is 5.32 Å². The molecule has 1 unspecified atom stereocenters. The van der Waals surface area contributed by atoms with Gasteiger partial charge in [-0.15, -0.1) is 0 Å². The van der Waals surface area contributed by atoms with Crippen LogP contribution in [0.2, 0.25) is 5.02 Å². The molecule has 7 heteroatoms. The topological polar surface area (TPSA) is 84.9 Å². The van der Waals surface area contributed by atoms with Gasteiger partial charge in [0.05, 0.1) is 20.1 Å². The minimum atomic E-state index is -1.45. The maximum atomic E-state index is 12.0. The van der Waals surface area contributed by atoms with Crippen molar-refractivity contribution in [1.82, 2.24) is 5.32 Å². The lowest BCUT2D eigenvalue weighted by Gasteiger charge is -2.27. The molecule has 2 atom stereocenters. The highest BCUT2D eigenvalue weighted by Gasteiger charge is 2.32. The number of carbonyl (C=O) groups is 2. The van der Waals surface area contributed by atoms with Crippen LogP contribution in [0.25, 0.3) is 0 Å². The van der Waals surface area contributed by atoms with E-state index in [2.05, 4.69) is 10.1 Å². The Labute approximate surface area is 175 Å². The summed E-state index contributed by atoms with van der Waals surface area (Å²) in [6.45, 7) is 2.29. The molecule has 0 bridgehead atoms. The van der Waals surface area contributed by atoms with E-state index < -0.39 is 17.7 Å². The molecule has 0 saturated heterocycles. The van der Waals surface area contributed by atoms with Crippen molar-refractivity contribution in [3.05, 3.63) is 70.7 Å². The highest BCUT2D eigenvalue weighted by Crippen LogP contribution is 2.29. The number of halogens is 1. The number of ether oxygens (including phenoxy) is 2. The van der Waals surface area contributed by atoms with Gasteiger partial charge in [0.1, 0.15) is 5.60 Å². The summed E-state index contributed by atoms with van der Waals surface area (Å²) in [6, 6.07) is 16.2. The van der Waals surface area contributed by atoms with Crippen molar-refractivity contribution in [3.8, 4) is 0 Å². The number of alkyl carbamates (subject to hydrolysis) is 1. The molecule has 29 heavy (non-hydrogen) atoms. The van der Waals surface area contributed by atoms with Gasteiger partial charge >= 0.3 is 12.1 Å². The number of rotatable bonds is 9. The fourth-order valence-electron chi connectivity index (χ4n) is 2.90. The molecule has 0 aliphatic carbocycles. The number of hydrogen-bond acceptors (Lipinski definition) is 5. The van der Waals surface area contributed by atoms with Crippen molar-refractivity contribution in [3.63, 3.8) is 0 Å². The molecule has 0 aromatic heterocycles. The molecular weight excluding hydrogens is 394 g/mol. The van der Waals surface area contributed by atoms with Crippen molar-refractivity contribution < 1.29 is 24.2 Å². The minimum absolute atomic E-state index is 0.0126. The number of benzene rings is 2. The largest absolute Gasteiger partial charge is 0.469 e. The first-order valence-electron chi connectivity index (χ1n) is 9.35. The lowest BCUT2D eigenvalue weighted by molar-refractivity contribution is -0.146. The molecule has 156 valence electrons. The first kappa shape index (κ1) is 22.7. The van der Waals surface area contributed by atoms with Gasteiger partial charge in [-0.3, -0.25) is 4.79 Å². The molecule has 1 amide bonds. The second-order valence-electron chi connectivity index (χ2n) is 6.88. The summed E-state index contributed by atoms with van der Waals surface area (Å²) in [6.07, 6.45) is -0.662. The molecule has 6 nitrogen and oxygen atoms in total. The highest BCUT2D eigenvalue weighted by molar-refractivity contribution is 6.30. The molecule has 0 heterocycles. The van der Waals surface area contributed by atoms with E-state index in [1.165, 1.54) is 7.11 Å². The van der Waals surface area contributed by atoms with Crippen LogP contribution in [0.5, 0.6) is 0 Å². The Bertz CT molecular complexity index is 797. The molecule has 0 aliphatic heterocycles. The van der Waals surface area contributed by atoms with E-state index in [-0.39, 0.29) is 31.9 Å². The summed E-state index contributed by atoms with van der Waals surface area (Å²) in [5.41, 5.74) is 0.147. The third kappa shape index (κ3) is 7.07. The molecule has 2 rings (SSSR count). The van der Waals surface area contributed by atoms with Crippen molar-refractivity contribution in [2.75, 3.05) is 20.3 Å². The lowest BCUT2D eigenvalue weighted by Crippen LogP contribution is -2.35. The number of aliphatic hydroxyl groups is 1. The molecule has 2 aromatic carbocycles. The van der Waals surface area contributed by atoms with E-state index >= 15 is 0 Å². The second kappa shape index (κ2) is 10.8. The van der Waals surface area contributed by atoms with Gasteiger partial charge in [-0.05, 0) is 29.7 Å². The Morgan fingerprint density at radius 1 is 1.14 bits per heavy atom. The maximum Gasteiger partial charge on any atom is 0.407 e. The summed E-state index contributed by atoms with van der Waals surface area (Å²) >= 11 is 5.88. The zero-order valence-corrected chi connectivity index (χ0v) is 17.3. The van der Waals surface area contributed by atoms with E-state index in [0.717, 1.165) is 5.56 Å². The highest BCUT2D eigenvalue weighted by atomic mass is 35.5. The molecule has 0 saturated carbocycles. The van der Waals surface area contributed by atoms with Crippen LogP contribution in [0.1, 0.15) is 36.8 Å². The fourth-order valence-corrected chi connectivity index (χ4v) is 3.03. The first-order chi connectivity index (χ1) is 13.8. The van der Waals surface area contributed by atoms with E-state index in [1.54, 1.807) is 36.4 Å². The van der Waals surface area contributed by atoms with Crippen LogP contribution in [-0.2, 0) is 19.9 Å². The van der Waals surface area contributed by atoms with Gasteiger partial charge < -0.3 is 19.9 Å². The standard InChI is InChI=1S/C22H26ClNO5/c1-16(17-8-10-19(23)11-9-17)15-29-21(26)24-13-12-22(27,14-20(25)28-2)18-6-4-3-5-7-18/h3-11,16,27H,12-15H2,1-2H3,(H,24,26)/t16-,22?/m1/s1. The van der Waals surface area contributed by atoms with Crippen molar-refractivity contribution >= 4 is 23.7 Å². The Balaban J connectivity index is 1.85. The van der Waals surface area contributed by atoms with Crippen molar-refractivity contribution in [1.29, 1.82) is 0 Å². The van der Waals surface area contributed by atoms with Gasteiger partial charge in [0.25, 0.3) is 0 Å². The summed E-state index contributed by atoms with van der Waals surface area (Å²) in [5.74, 6) is -0.519. The van der Waals surface area contributed by atoms with Crippen molar-refractivity contribution in [2.24, 2.45) is 0 Å². The lowest BCUT2D eigenvalue weighted by atomic mass is 9.87. The van der Waals surface area contributed by atoms with Crippen LogP contribution in [-0.4, -0.2) is 37.4 Å². The van der Waals surface area contributed by atoms with Crippen LogP contribution in [0, 0.1) is 0 Å². The number of hydrogen-bond donors (Lipinski definition) is 2. The van der Waals surface area contributed by atoms with Crippen LogP contribution in [0.15, 0.2) is 54.6 Å². The Morgan fingerprint density at radius 2 is 1.79 bits per heavy atom. The smallest absolute Gasteiger partial charge is 0.407 e. The Hall–Kier alpha value is -2.57. The summed E-state index contributed by atoms with van der Waals surface area (Å²) in [7, 11) is 1.27. The van der Waals surface area contributed by atoms with Gasteiger partial charge in [-0.25, -0.2) is 4.79 Å². The number of nitrogens with one attached hydrogen (secondary N) is 1. The third-order valence-corrected chi connectivity index (χ3v) is 4.94. The molecule has 0 fully saturated rings. The Morgan fingerprint density at radius 3 is 2.41 bits per heavy atom. The van der Waals surface area contributed by atoms with Crippen LogP contribution >= 0.6 is 11.6 Å². The zero-order chi connectivity index (χ0) is 21.3. The number of carbonyl (C=O) groups excluding carboxylic acids is 2. The molecule has 0 aliphatic rings. The van der Waals surface area contributed by atoms with E-state index in [9.17, 15) is 14.7 Å². The quantitative estimate of drug-likeness (QED) is 0.600. The maximum absolute atomic E-state index is 12.0. The number of methoxy groups -OCH3 is 1. The average molecular weight is 420 g/mol.